The Hall–Kier alpha value is -3.86. The van der Waals surface area contributed by atoms with Crippen LogP contribution in [0.5, 0.6) is 5.75 Å². The fourth-order valence-corrected chi connectivity index (χ4v) is 3.71. The standard InChI is InChI=1S/C26H24N2O3/c1-4-18-13-15-19(16-14-18)28-25(29)23(20-10-6-8-12-22(20)31-3)24(26(28)30)27-21-11-7-5-9-17(21)2/h5-16,27H,4H2,1-3H3. The van der Waals surface area contributed by atoms with E-state index in [1.165, 1.54) is 4.90 Å². The number of rotatable bonds is 6. The third-order valence-corrected chi connectivity index (χ3v) is 5.47. The average molecular weight is 412 g/mol. The summed E-state index contributed by atoms with van der Waals surface area (Å²) in [6.45, 7) is 4.01. The number of ether oxygens (including phenoxy) is 1. The lowest BCUT2D eigenvalue weighted by Gasteiger charge is -2.16. The van der Waals surface area contributed by atoms with Crippen molar-refractivity contribution in [2.24, 2.45) is 0 Å². The van der Waals surface area contributed by atoms with Gasteiger partial charge in [0, 0.05) is 11.3 Å². The van der Waals surface area contributed by atoms with E-state index < -0.39 is 5.91 Å². The lowest BCUT2D eigenvalue weighted by atomic mass is 10.0. The SMILES string of the molecule is CCc1ccc(N2C(=O)C(Nc3ccccc3C)=C(c3ccccc3OC)C2=O)cc1. The van der Waals surface area contributed by atoms with Crippen molar-refractivity contribution >= 4 is 28.8 Å². The molecule has 1 aliphatic heterocycles. The highest BCUT2D eigenvalue weighted by atomic mass is 16.5. The van der Waals surface area contributed by atoms with E-state index in [-0.39, 0.29) is 11.6 Å². The van der Waals surface area contributed by atoms with Gasteiger partial charge in [0.05, 0.1) is 18.4 Å². The minimum Gasteiger partial charge on any atom is -0.496 e. The second-order valence-corrected chi connectivity index (χ2v) is 7.36. The highest BCUT2D eigenvalue weighted by Crippen LogP contribution is 2.37. The first-order chi connectivity index (χ1) is 15.0. The van der Waals surface area contributed by atoms with Crippen LogP contribution in [-0.2, 0) is 16.0 Å². The maximum Gasteiger partial charge on any atom is 0.282 e. The number of para-hydroxylation sites is 2. The van der Waals surface area contributed by atoms with Gasteiger partial charge in [-0.15, -0.1) is 0 Å². The molecule has 0 fully saturated rings. The number of nitrogens with one attached hydrogen (secondary N) is 1. The number of nitrogens with zero attached hydrogens (tertiary/aromatic N) is 1. The number of carbonyl (C=O) groups is 2. The fourth-order valence-electron chi connectivity index (χ4n) is 3.71. The molecule has 2 amide bonds. The summed E-state index contributed by atoms with van der Waals surface area (Å²) in [7, 11) is 1.55. The smallest absolute Gasteiger partial charge is 0.282 e. The highest BCUT2D eigenvalue weighted by molar-refractivity contribution is 6.46. The quantitative estimate of drug-likeness (QED) is 0.581. The van der Waals surface area contributed by atoms with E-state index >= 15 is 0 Å². The van der Waals surface area contributed by atoms with Crippen LogP contribution < -0.4 is 15.0 Å². The first kappa shape index (κ1) is 20.4. The summed E-state index contributed by atoms with van der Waals surface area (Å²) in [5.41, 5.74) is 4.54. The summed E-state index contributed by atoms with van der Waals surface area (Å²) < 4.78 is 5.49. The number of imide groups is 1. The van der Waals surface area contributed by atoms with Gasteiger partial charge < -0.3 is 10.1 Å². The number of anilines is 2. The molecule has 1 heterocycles. The predicted molar refractivity (Wildman–Crippen MR) is 123 cm³/mol. The maximum absolute atomic E-state index is 13.6. The van der Waals surface area contributed by atoms with Gasteiger partial charge in [0.2, 0.25) is 0 Å². The molecule has 31 heavy (non-hydrogen) atoms. The summed E-state index contributed by atoms with van der Waals surface area (Å²) in [4.78, 5) is 28.3. The van der Waals surface area contributed by atoms with E-state index in [4.69, 9.17) is 4.74 Å². The van der Waals surface area contributed by atoms with E-state index in [1.807, 2.05) is 67.6 Å². The van der Waals surface area contributed by atoms with Crippen LogP contribution >= 0.6 is 0 Å². The minimum atomic E-state index is -0.390. The Bertz CT molecular complexity index is 1180. The van der Waals surface area contributed by atoms with Gasteiger partial charge in [0.25, 0.3) is 11.8 Å². The van der Waals surface area contributed by atoms with Crippen molar-refractivity contribution in [1.82, 2.24) is 0 Å². The lowest BCUT2D eigenvalue weighted by molar-refractivity contribution is -0.120. The Morgan fingerprint density at radius 2 is 1.55 bits per heavy atom. The third kappa shape index (κ3) is 3.70. The molecule has 3 aromatic carbocycles. The number of benzene rings is 3. The molecular formula is C26H24N2O3. The van der Waals surface area contributed by atoms with Gasteiger partial charge in [-0.05, 0) is 48.7 Å². The van der Waals surface area contributed by atoms with E-state index in [9.17, 15) is 9.59 Å². The fraction of sp³-hybridized carbons (Fsp3) is 0.154. The number of hydrogen-bond acceptors (Lipinski definition) is 4. The van der Waals surface area contributed by atoms with E-state index in [0.717, 1.165) is 23.2 Å². The Labute approximate surface area is 182 Å². The van der Waals surface area contributed by atoms with Gasteiger partial charge in [-0.2, -0.15) is 0 Å². The van der Waals surface area contributed by atoms with Crippen molar-refractivity contribution in [2.75, 3.05) is 17.3 Å². The van der Waals surface area contributed by atoms with Crippen molar-refractivity contribution in [3.05, 3.63) is 95.2 Å². The van der Waals surface area contributed by atoms with Crippen LogP contribution in [-0.4, -0.2) is 18.9 Å². The summed E-state index contributed by atoms with van der Waals surface area (Å²) in [6, 6.07) is 22.4. The van der Waals surface area contributed by atoms with Crippen molar-refractivity contribution < 1.29 is 14.3 Å². The normalized spacial score (nSPS) is 13.7. The molecule has 1 aliphatic rings. The van der Waals surface area contributed by atoms with E-state index in [1.54, 1.807) is 19.2 Å². The predicted octanol–water partition coefficient (Wildman–Crippen LogP) is 4.96. The summed E-state index contributed by atoms with van der Waals surface area (Å²) >= 11 is 0. The monoisotopic (exact) mass is 412 g/mol. The van der Waals surface area contributed by atoms with Crippen LogP contribution in [0.2, 0.25) is 0 Å². The van der Waals surface area contributed by atoms with Crippen LogP contribution in [0.1, 0.15) is 23.6 Å². The second kappa shape index (κ2) is 8.48. The highest BCUT2D eigenvalue weighted by Gasteiger charge is 2.41. The molecular weight excluding hydrogens is 388 g/mol. The summed E-state index contributed by atoms with van der Waals surface area (Å²) in [5, 5.41) is 3.22. The molecule has 0 aromatic heterocycles. The Morgan fingerprint density at radius 3 is 2.23 bits per heavy atom. The lowest BCUT2D eigenvalue weighted by Crippen LogP contribution is -2.32. The number of amides is 2. The van der Waals surface area contributed by atoms with Crippen LogP contribution in [0.25, 0.3) is 5.57 Å². The molecule has 3 aromatic rings. The summed E-state index contributed by atoms with van der Waals surface area (Å²) in [6.07, 6.45) is 0.882. The van der Waals surface area contributed by atoms with E-state index in [0.29, 0.717) is 22.6 Å². The third-order valence-electron chi connectivity index (χ3n) is 5.47. The number of hydrogen-bond donors (Lipinski definition) is 1. The van der Waals surface area contributed by atoms with Crippen molar-refractivity contribution in [3.63, 3.8) is 0 Å². The van der Waals surface area contributed by atoms with Crippen LogP contribution in [0.4, 0.5) is 11.4 Å². The van der Waals surface area contributed by atoms with Crippen molar-refractivity contribution in [1.29, 1.82) is 0 Å². The van der Waals surface area contributed by atoms with Gasteiger partial charge in [0.1, 0.15) is 11.4 Å². The first-order valence-corrected chi connectivity index (χ1v) is 10.2. The molecule has 0 atom stereocenters. The molecule has 1 N–H and O–H groups in total. The zero-order valence-corrected chi connectivity index (χ0v) is 17.8. The molecule has 0 spiro atoms. The zero-order valence-electron chi connectivity index (χ0n) is 17.8. The molecule has 5 nitrogen and oxygen atoms in total. The van der Waals surface area contributed by atoms with Gasteiger partial charge in [-0.1, -0.05) is 55.5 Å². The molecule has 0 aliphatic carbocycles. The minimum absolute atomic E-state index is 0.239. The average Bonchev–Trinajstić information content (AvgIpc) is 3.04. The second-order valence-electron chi connectivity index (χ2n) is 7.36. The Kier molecular flexibility index (Phi) is 5.58. The summed E-state index contributed by atoms with van der Waals surface area (Å²) in [5.74, 6) is -0.237. The van der Waals surface area contributed by atoms with Gasteiger partial charge in [0.15, 0.2) is 0 Å². The number of methoxy groups -OCH3 is 1. The zero-order chi connectivity index (χ0) is 22.0. The van der Waals surface area contributed by atoms with Crippen LogP contribution in [0.3, 0.4) is 0 Å². The Morgan fingerprint density at radius 1 is 0.871 bits per heavy atom. The van der Waals surface area contributed by atoms with Gasteiger partial charge >= 0.3 is 0 Å². The maximum atomic E-state index is 13.6. The molecule has 0 bridgehead atoms. The van der Waals surface area contributed by atoms with Crippen molar-refractivity contribution in [2.45, 2.75) is 20.3 Å². The molecule has 0 unspecified atom stereocenters. The molecule has 156 valence electrons. The molecule has 0 saturated carbocycles. The number of carbonyl (C=O) groups excluding carboxylic acids is 2. The van der Waals surface area contributed by atoms with Crippen LogP contribution in [0, 0.1) is 6.92 Å². The molecule has 4 rings (SSSR count). The van der Waals surface area contributed by atoms with Crippen LogP contribution in [0.15, 0.2) is 78.5 Å². The Balaban J connectivity index is 1.85. The van der Waals surface area contributed by atoms with Gasteiger partial charge in [-0.3, -0.25) is 9.59 Å². The van der Waals surface area contributed by atoms with Crippen molar-refractivity contribution in [3.8, 4) is 5.75 Å². The molecule has 5 heteroatoms. The van der Waals surface area contributed by atoms with Gasteiger partial charge in [-0.25, -0.2) is 4.90 Å². The molecule has 0 radical (unpaired) electrons. The topological polar surface area (TPSA) is 58.6 Å². The number of aryl methyl sites for hydroxylation is 2. The molecule has 0 saturated heterocycles. The van der Waals surface area contributed by atoms with E-state index in [2.05, 4.69) is 12.2 Å². The largest absolute Gasteiger partial charge is 0.496 e. The first-order valence-electron chi connectivity index (χ1n) is 10.2.